The van der Waals surface area contributed by atoms with E-state index in [9.17, 15) is 4.79 Å². The lowest BCUT2D eigenvalue weighted by Crippen LogP contribution is -2.32. The second-order valence-corrected chi connectivity index (χ2v) is 9.95. The number of ketones is 1. The molecular formula is C32H36O5. The van der Waals surface area contributed by atoms with Gasteiger partial charge in [-0.05, 0) is 74.1 Å². The Labute approximate surface area is 220 Å². The summed E-state index contributed by atoms with van der Waals surface area (Å²) >= 11 is 0. The summed E-state index contributed by atoms with van der Waals surface area (Å²) in [5.41, 5.74) is 4.30. The summed E-state index contributed by atoms with van der Waals surface area (Å²) in [5, 5.41) is 0. The van der Waals surface area contributed by atoms with Crippen molar-refractivity contribution >= 4 is 11.9 Å². The monoisotopic (exact) mass is 500 g/mol. The highest BCUT2D eigenvalue weighted by molar-refractivity contribution is 6.09. The van der Waals surface area contributed by atoms with Gasteiger partial charge in [-0.1, -0.05) is 43.7 Å². The number of hydrogen-bond acceptors (Lipinski definition) is 5. The molecule has 0 spiro atoms. The van der Waals surface area contributed by atoms with E-state index in [2.05, 4.69) is 26.8 Å². The van der Waals surface area contributed by atoms with Crippen LogP contribution in [0.5, 0.6) is 23.0 Å². The van der Waals surface area contributed by atoms with Gasteiger partial charge in [0.15, 0.2) is 5.78 Å². The van der Waals surface area contributed by atoms with Crippen molar-refractivity contribution in [3.8, 4) is 23.0 Å². The van der Waals surface area contributed by atoms with Gasteiger partial charge >= 0.3 is 0 Å². The van der Waals surface area contributed by atoms with Crippen molar-refractivity contribution in [2.45, 2.75) is 58.7 Å². The molecule has 0 aliphatic carbocycles. The molecule has 0 N–H and O–H groups in total. The maximum atomic E-state index is 13.3. The Morgan fingerprint density at radius 2 is 1.76 bits per heavy atom. The Morgan fingerprint density at radius 3 is 2.46 bits per heavy atom. The molecule has 194 valence electrons. The number of ether oxygens (including phenoxy) is 4. The van der Waals surface area contributed by atoms with Gasteiger partial charge in [-0.2, -0.15) is 0 Å². The highest BCUT2D eigenvalue weighted by Crippen LogP contribution is 2.38. The van der Waals surface area contributed by atoms with Gasteiger partial charge in [0, 0.05) is 17.7 Å². The van der Waals surface area contributed by atoms with Crippen LogP contribution in [0.25, 0.3) is 6.08 Å². The summed E-state index contributed by atoms with van der Waals surface area (Å²) in [6, 6.07) is 17.7. The first kappa shape index (κ1) is 26.3. The van der Waals surface area contributed by atoms with E-state index in [1.807, 2.05) is 48.5 Å². The number of allylic oxidation sites excluding steroid dienone is 1. The number of methoxy groups -OCH3 is 2. The lowest BCUT2D eigenvalue weighted by Gasteiger charge is -2.33. The number of fused-ring (bicyclic) bond motifs is 1. The van der Waals surface area contributed by atoms with Crippen LogP contribution < -0.4 is 18.9 Å². The predicted octanol–water partition coefficient (Wildman–Crippen LogP) is 7.24. The van der Waals surface area contributed by atoms with Gasteiger partial charge in [0.1, 0.15) is 35.2 Å². The van der Waals surface area contributed by atoms with Gasteiger partial charge in [-0.25, -0.2) is 0 Å². The minimum atomic E-state index is -0.224. The number of rotatable bonds is 10. The quantitative estimate of drug-likeness (QED) is 0.217. The van der Waals surface area contributed by atoms with Crippen molar-refractivity contribution in [1.82, 2.24) is 0 Å². The molecule has 0 aromatic heterocycles. The summed E-state index contributed by atoms with van der Waals surface area (Å²) in [6.07, 6.45) is 7.01. The molecule has 1 heterocycles. The lowest BCUT2D eigenvalue weighted by molar-refractivity contribution is 0.0841. The van der Waals surface area contributed by atoms with Crippen LogP contribution in [-0.2, 0) is 19.4 Å². The molecular weight excluding hydrogens is 464 g/mol. The standard InChI is InChI=1S/C32H36O5/c1-6-10-23-18-26(31(35-5)19-28(23)34-4)27(33)14-13-24-17-25-15-16-32(2,3)37-30(25)20-29(24)36-21-22-11-8-7-9-12-22/h7-9,11-14,17-20H,6,10,15-16,21H2,1-5H3/b14-13+. The van der Waals surface area contributed by atoms with Crippen LogP contribution in [0.1, 0.15) is 66.2 Å². The Kier molecular flexibility index (Phi) is 8.22. The third-order valence-electron chi connectivity index (χ3n) is 6.61. The number of benzene rings is 3. The Balaban J connectivity index is 1.67. The molecule has 0 saturated heterocycles. The molecule has 4 rings (SSSR count). The number of carbonyl (C=O) groups is 1. The highest BCUT2D eigenvalue weighted by atomic mass is 16.5. The number of aryl methyl sites for hydroxylation is 2. The fraction of sp³-hybridized carbons (Fsp3) is 0.344. The molecule has 0 radical (unpaired) electrons. The lowest BCUT2D eigenvalue weighted by atomic mass is 9.93. The van der Waals surface area contributed by atoms with Crippen LogP contribution in [-0.4, -0.2) is 25.6 Å². The molecule has 37 heavy (non-hydrogen) atoms. The maximum absolute atomic E-state index is 13.3. The number of carbonyl (C=O) groups excluding carboxylic acids is 1. The maximum Gasteiger partial charge on any atom is 0.189 e. The molecule has 5 nitrogen and oxygen atoms in total. The average molecular weight is 501 g/mol. The zero-order valence-electron chi connectivity index (χ0n) is 22.4. The van der Waals surface area contributed by atoms with Gasteiger partial charge in [-0.3, -0.25) is 4.79 Å². The largest absolute Gasteiger partial charge is 0.496 e. The zero-order chi connectivity index (χ0) is 26.4. The smallest absolute Gasteiger partial charge is 0.189 e. The molecule has 3 aromatic rings. The van der Waals surface area contributed by atoms with Crippen molar-refractivity contribution in [2.24, 2.45) is 0 Å². The molecule has 1 aliphatic rings. The predicted molar refractivity (Wildman–Crippen MR) is 147 cm³/mol. The van der Waals surface area contributed by atoms with Gasteiger partial charge in [0.25, 0.3) is 0 Å². The summed E-state index contributed by atoms with van der Waals surface area (Å²) in [4.78, 5) is 13.3. The normalized spacial score (nSPS) is 14.1. The summed E-state index contributed by atoms with van der Waals surface area (Å²) in [7, 11) is 3.20. The molecule has 1 aliphatic heterocycles. The van der Waals surface area contributed by atoms with E-state index in [1.54, 1.807) is 26.4 Å². The second-order valence-electron chi connectivity index (χ2n) is 9.95. The fourth-order valence-electron chi connectivity index (χ4n) is 4.57. The summed E-state index contributed by atoms with van der Waals surface area (Å²) in [5.74, 6) is 2.60. The van der Waals surface area contributed by atoms with Crippen molar-refractivity contribution in [1.29, 1.82) is 0 Å². The Bertz CT molecular complexity index is 1270. The van der Waals surface area contributed by atoms with Crippen molar-refractivity contribution in [3.63, 3.8) is 0 Å². The van der Waals surface area contributed by atoms with E-state index in [4.69, 9.17) is 18.9 Å². The van der Waals surface area contributed by atoms with E-state index in [1.165, 1.54) is 0 Å². The Morgan fingerprint density at radius 1 is 1.00 bits per heavy atom. The zero-order valence-corrected chi connectivity index (χ0v) is 22.4. The van der Waals surface area contributed by atoms with Crippen LogP contribution in [0.3, 0.4) is 0 Å². The Hall–Kier alpha value is -3.73. The molecule has 0 saturated carbocycles. The van der Waals surface area contributed by atoms with Crippen molar-refractivity contribution in [2.75, 3.05) is 14.2 Å². The first-order chi connectivity index (χ1) is 17.8. The van der Waals surface area contributed by atoms with Crippen molar-refractivity contribution < 1.29 is 23.7 Å². The molecule has 0 bridgehead atoms. The van der Waals surface area contributed by atoms with Crippen LogP contribution in [0.4, 0.5) is 0 Å². The summed E-state index contributed by atoms with van der Waals surface area (Å²) in [6.45, 7) is 6.72. The average Bonchev–Trinajstić information content (AvgIpc) is 2.90. The fourth-order valence-corrected chi connectivity index (χ4v) is 4.57. The SMILES string of the molecule is CCCc1cc(C(=O)/C=C/c2cc3c(cc2OCc2ccccc2)OC(C)(C)CC3)c(OC)cc1OC. The van der Waals surface area contributed by atoms with Crippen molar-refractivity contribution in [3.05, 3.63) is 88.5 Å². The van der Waals surface area contributed by atoms with Gasteiger partial charge in [0.2, 0.25) is 0 Å². The molecule has 5 heteroatoms. The molecule has 3 aromatic carbocycles. The third kappa shape index (κ3) is 6.34. The van der Waals surface area contributed by atoms with E-state index >= 15 is 0 Å². The summed E-state index contributed by atoms with van der Waals surface area (Å²) < 4.78 is 23.5. The van der Waals surface area contributed by atoms with Crippen LogP contribution in [0.2, 0.25) is 0 Å². The molecule has 0 amide bonds. The second kappa shape index (κ2) is 11.5. The van der Waals surface area contributed by atoms with E-state index in [0.717, 1.165) is 59.4 Å². The third-order valence-corrected chi connectivity index (χ3v) is 6.61. The van der Waals surface area contributed by atoms with Crippen LogP contribution >= 0.6 is 0 Å². The minimum absolute atomic E-state index is 0.138. The van der Waals surface area contributed by atoms with E-state index in [-0.39, 0.29) is 11.4 Å². The van der Waals surface area contributed by atoms with Crippen LogP contribution in [0, 0.1) is 0 Å². The number of hydrogen-bond donors (Lipinski definition) is 0. The van der Waals surface area contributed by atoms with E-state index in [0.29, 0.717) is 23.7 Å². The molecule has 0 fully saturated rings. The topological polar surface area (TPSA) is 54.0 Å². The van der Waals surface area contributed by atoms with E-state index < -0.39 is 0 Å². The molecule has 0 atom stereocenters. The molecule has 0 unspecified atom stereocenters. The minimum Gasteiger partial charge on any atom is -0.496 e. The van der Waals surface area contributed by atoms with Gasteiger partial charge in [0.05, 0.1) is 19.8 Å². The van der Waals surface area contributed by atoms with Gasteiger partial charge < -0.3 is 18.9 Å². The highest BCUT2D eigenvalue weighted by Gasteiger charge is 2.27. The van der Waals surface area contributed by atoms with Crippen LogP contribution in [0.15, 0.2) is 60.7 Å². The first-order valence-corrected chi connectivity index (χ1v) is 12.8. The van der Waals surface area contributed by atoms with Gasteiger partial charge in [-0.15, -0.1) is 0 Å². The first-order valence-electron chi connectivity index (χ1n) is 12.8.